The highest BCUT2D eigenvalue weighted by Gasteiger charge is 2.68. The number of Topliss-reactive ketones (excluding diaryl/α,β-unsaturated/α-hetero) is 1. The highest BCUT2D eigenvalue weighted by Crippen LogP contribution is 2.51. The SMILES string of the molecule is N[C@@H](CCC(=O)N[C@@H](CS[C@H]1CCC1C(=O)[C@]1(C(F)(F)F)NC(=O)Nc2ccc(F)c(F)c21)C(=O)NCC(=O)O)C(=O)O. The third kappa shape index (κ3) is 7.15. The Hall–Kier alpha value is -4.00. The lowest BCUT2D eigenvalue weighted by Crippen LogP contribution is -2.67. The number of hydrogen-bond donors (Lipinski definition) is 7. The first-order chi connectivity index (χ1) is 20.0. The van der Waals surface area contributed by atoms with Crippen LogP contribution in [0.2, 0.25) is 0 Å². The Bertz CT molecular complexity index is 1330. The number of carbonyl (C=O) groups excluding carboxylic acids is 4. The van der Waals surface area contributed by atoms with E-state index in [1.165, 1.54) is 5.32 Å². The molecule has 43 heavy (non-hydrogen) atoms. The largest absolute Gasteiger partial charge is 0.480 e. The summed E-state index contributed by atoms with van der Waals surface area (Å²) in [5, 5.41) is 24.4. The van der Waals surface area contributed by atoms with Crippen molar-refractivity contribution in [2.75, 3.05) is 17.6 Å². The van der Waals surface area contributed by atoms with E-state index >= 15 is 0 Å². The molecule has 13 nitrogen and oxygen atoms in total. The number of amides is 4. The van der Waals surface area contributed by atoms with E-state index in [2.05, 4.69) is 5.32 Å². The average Bonchev–Trinajstić information content (AvgIpc) is 2.89. The van der Waals surface area contributed by atoms with Crippen LogP contribution < -0.4 is 27.0 Å². The maximum Gasteiger partial charge on any atom is 0.423 e. The van der Waals surface area contributed by atoms with Gasteiger partial charge in [0, 0.05) is 23.3 Å². The van der Waals surface area contributed by atoms with Gasteiger partial charge in [0.1, 0.15) is 18.6 Å². The fourth-order valence-electron chi connectivity index (χ4n) is 4.56. The second kappa shape index (κ2) is 13.1. The van der Waals surface area contributed by atoms with Gasteiger partial charge in [0.2, 0.25) is 17.4 Å². The van der Waals surface area contributed by atoms with Crippen molar-refractivity contribution in [1.29, 1.82) is 0 Å². The van der Waals surface area contributed by atoms with Crippen molar-refractivity contribution >= 4 is 53.0 Å². The molecule has 236 valence electrons. The molecule has 3 rings (SSSR count). The van der Waals surface area contributed by atoms with Crippen LogP contribution in [0.5, 0.6) is 0 Å². The van der Waals surface area contributed by atoms with E-state index in [9.17, 15) is 50.7 Å². The van der Waals surface area contributed by atoms with E-state index in [0.29, 0.717) is 12.1 Å². The van der Waals surface area contributed by atoms with Gasteiger partial charge in [-0.15, -0.1) is 0 Å². The fourth-order valence-corrected chi connectivity index (χ4v) is 6.03. The number of nitrogens with one attached hydrogen (secondary N) is 4. The minimum Gasteiger partial charge on any atom is -0.480 e. The zero-order chi connectivity index (χ0) is 32.3. The third-order valence-corrected chi connectivity index (χ3v) is 8.42. The summed E-state index contributed by atoms with van der Waals surface area (Å²) in [7, 11) is 0. The van der Waals surface area contributed by atoms with Crippen LogP contribution in [0.3, 0.4) is 0 Å². The van der Waals surface area contributed by atoms with Crippen molar-refractivity contribution in [2.24, 2.45) is 11.7 Å². The Morgan fingerprint density at radius 3 is 2.37 bits per heavy atom. The van der Waals surface area contributed by atoms with Crippen molar-refractivity contribution in [1.82, 2.24) is 16.0 Å². The predicted molar refractivity (Wildman–Crippen MR) is 138 cm³/mol. The minimum absolute atomic E-state index is 0.130. The van der Waals surface area contributed by atoms with Gasteiger partial charge in [-0.3, -0.25) is 24.0 Å². The zero-order valence-corrected chi connectivity index (χ0v) is 22.7. The number of anilines is 1. The Kier molecular flexibility index (Phi) is 10.2. The minimum atomic E-state index is -5.61. The molecule has 1 aliphatic heterocycles. The van der Waals surface area contributed by atoms with Gasteiger partial charge in [-0.2, -0.15) is 24.9 Å². The summed E-state index contributed by atoms with van der Waals surface area (Å²) < 4.78 is 72.7. The van der Waals surface area contributed by atoms with Gasteiger partial charge in [-0.05, 0) is 31.4 Å². The molecular formula is C24H26F5N5O8S. The smallest absolute Gasteiger partial charge is 0.423 e. The quantitative estimate of drug-likeness (QED) is 0.151. The van der Waals surface area contributed by atoms with Crippen molar-refractivity contribution in [3.05, 3.63) is 29.3 Å². The first kappa shape index (κ1) is 33.5. The lowest BCUT2D eigenvalue weighted by Gasteiger charge is -2.45. The summed E-state index contributed by atoms with van der Waals surface area (Å²) in [6.45, 7) is -0.840. The monoisotopic (exact) mass is 639 g/mol. The van der Waals surface area contributed by atoms with E-state index in [-0.39, 0.29) is 25.0 Å². The van der Waals surface area contributed by atoms with Gasteiger partial charge in [0.15, 0.2) is 17.4 Å². The Morgan fingerprint density at radius 1 is 1.14 bits per heavy atom. The second-order valence-electron chi connectivity index (χ2n) is 9.75. The van der Waals surface area contributed by atoms with Gasteiger partial charge in [-0.1, -0.05) is 0 Å². The van der Waals surface area contributed by atoms with E-state index in [4.69, 9.17) is 15.9 Å². The molecule has 8 N–H and O–H groups in total. The van der Waals surface area contributed by atoms with E-state index < -0.39 is 106 Å². The maximum absolute atomic E-state index is 14.8. The average molecular weight is 640 g/mol. The molecule has 1 heterocycles. The van der Waals surface area contributed by atoms with Gasteiger partial charge < -0.3 is 37.2 Å². The lowest BCUT2D eigenvalue weighted by molar-refractivity contribution is -0.203. The van der Waals surface area contributed by atoms with Crippen LogP contribution in [0.25, 0.3) is 0 Å². The maximum atomic E-state index is 14.8. The van der Waals surface area contributed by atoms with Crippen LogP contribution >= 0.6 is 11.8 Å². The van der Waals surface area contributed by atoms with Crippen molar-refractivity contribution < 1.29 is 60.9 Å². The summed E-state index contributed by atoms with van der Waals surface area (Å²) in [5.41, 5.74) is -0.771. The molecule has 19 heteroatoms. The van der Waals surface area contributed by atoms with Crippen LogP contribution in [-0.4, -0.2) is 81.6 Å². The lowest BCUT2D eigenvalue weighted by atomic mass is 9.70. The van der Waals surface area contributed by atoms with Crippen LogP contribution in [0.4, 0.5) is 32.4 Å². The Balaban J connectivity index is 1.82. The molecule has 0 aromatic heterocycles. The number of aliphatic carboxylic acids is 2. The molecule has 0 saturated heterocycles. The first-order valence-electron chi connectivity index (χ1n) is 12.6. The van der Waals surface area contributed by atoms with Crippen molar-refractivity contribution in [2.45, 2.75) is 54.7 Å². The molecule has 0 spiro atoms. The molecule has 4 amide bonds. The summed E-state index contributed by atoms with van der Waals surface area (Å²) in [5.74, 6) is -11.8. The molecule has 0 bridgehead atoms. The number of ketones is 1. The molecule has 1 aromatic carbocycles. The molecule has 1 saturated carbocycles. The molecule has 5 atom stereocenters. The third-order valence-electron chi connectivity index (χ3n) is 6.90. The van der Waals surface area contributed by atoms with E-state index in [0.717, 1.165) is 11.8 Å². The summed E-state index contributed by atoms with van der Waals surface area (Å²) >= 11 is 0.778. The Labute approximate surface area is 243 Å². The number of carboxylic acids is 2. The van der Waals surface area contributed by atoms with Crippen LogP contribution in [-0.2, 0) is 29.5 Å². The Morgan fingerprint density at radius 2 is 1.81 bits per heavy atom. The molecule has 1 aliphatic carbocycles. The molecule has 1 fully saturated rings. The second-order valence-corrected chi connectivity index (χ2v) is 11.0. The number of thioether (sulfide) groups is 1. The number of alkyl halides is 3. The molecular weight excluding hydrogens is 613 g/mol. The van der Waals surface area contributed by atoms with E-state index in [1.807, 2.05) is 10.6 Å². The number of nitrogens with two attached hydrogens (primary N) is 1. The topological polar surface area (TPSA) is 217 Å². The van der Waals surface area contributed by atoms with Crippen molar-refractivity contribution in [3.8, 4) is 0 Å². The number of carboxylic acid groups (broad SMARTS) is 2. The van der Waals surface area contributed by atoms with Crippen molar-refractivity contribution in [3.63, 3.8) is 0 Å². The first-order valence-corrected chi connectivity index (χ1v) is 13.6. The highest BCUT2D eigenvalue weighted by atomic mass is 32.2. The number of carbonyl (C=O) groups is 6. The molecule has 2 aliphatic rings. The number of halogens is 5. The van der Waals surface area contributed by atoms with E-state index in [1.54, 1.807) is 0 Å². The summed E-state index contributed by atoms with van der Waals surface area (Å²) in [4.78, 5) is 72.3. The zero-order valence-electron chi connectivity index (χ0n) is 21.9. The standard InChI is InChI=1S/C24H26F5N5O8S/c25-10-2-4-12-17(18(10)26)23(24(27,28)29,34-22(42)33-12)19(38)9-1-5-14(9)43-8-13(20(39)31-7-16(36)37)32-15(35)6-3-11(30)21(40)41/h2,4,9,11,13-14H,1,3,5-8,30H2,(H,31,39)(H,32,35)(H,36,37)(H,40,41)(H2,33,34,42)/t9?,11-,13-,14-,23+/m0/s1. The molecule has 1 unspecified atom stereocenters. The van der Waals surface area contributed by atoms with Gasteiger partial charge in [0.05, 0.1) is 11.3 Å². The fraction of sp³-hybridized carbons (Fsp3) is 0.500. The molecule has 1 aromatic rings. The van der Waals surface area contributed by atoms with Gasteiger partial charge in [0.25, 0.3) is 0 Å². The van der Waals surface area contributed by atoms with Gasteiger partial charge >= 0.3 is 24.1 Å². The number of fused-ring (bicyclic) bond motifs is 1. The normalized spacial score (nSPS) is 22.5. The summed E-state index contributed by atoms with van der Waals surface area (Å²) in [6.07, 6.45) is -6.37. The van der Waals surface area contributed by atoms with Crippen LogP contribution in [0, 0.1) is 17.6 Å². The highest BCUT2D eigenvalue weighted by molar-refractivity contribution is 8.00. The number of benzene rings is 1. The number of hydrogen-bond acceptors (Lipinski definition) is 8. The van der Waals surface area contributed by atoms with Crippen LogP contribution in [0.1, 0.15) is 31.2 Å². The number of urea groups is 1. The predicted octanol–water partition coefficient (Wildman–Crippen LogP) is 0.816. The van der Waals surface area contributed by atoms with Crippen LogP contribution in [0.15, 0.2) is 12.1 Å². The van der Waals surface area contributed by atoms with Gasteiger partial charge in [-0.25, -0.2) is 13.6 Å². The molecule has 0 radical (unpaired) electrons. The number of rotatable bonds is 13. The summed E-state index contributed by atoms with van der Waals surface area (Å²) in [6, 6.07) is -3.14.